The molecule has 0 aliphatic carbocycles. The van der Waals surface area contributed by atoms with Crippen molar-refractivity contribution in [1.82, 2.24) is 15.0 Å². The normalized spacial score (nSPS) is 12.4. The summed E-state index contributed by atoms with van der Waals surface area (Å²) >= 11 is 13.1. The van der Waals surface area contributed by atoms with Crippen LogP contribution >= 0.6 is 34.5 Å². The zero-order valence-electron chi connectivity index (χ0n) is 9.02. The van der Waals surface area contributed by atoms with Crippen molar-refractivity contribution in [3.63, 3.8) is 0 Å². The van der Waals surface area contributed by atoms with Crippen molar-refractivity contribution in [3.05, 3.63) is 33.0 Å². The molecule has 90 valence electrons. The Bertz CT molecular complexity index is 469. The predicted molar refractivity (Wildman–Crippen MR) is 70.8 cm³/mol. The van der Waals surface area contributed by atoms with E-state index < -0.39 is 0 Å². The van der Waals surface area contributed by atoms with Gasteiger partial charge in [-0.05, 0) is 41.1 Å². The van der Waals surface area contributed by atoms with Gasteiger partial charge in [-0.1, -0.05) is 13.0 Å². The van der Waals surface area contributed by atoms with Gasteiger partial charge in [0.15, 0.2) is 0 Å². The van der Waals surface area contributed by atoms with Gasteiger partial charge >= 0.3 is 0 Å². The largest absolute Gasteiger partial charge is 0.346 e. The van der Waals surface area contributed by atoms with Crippen molar-refractivity contribution in [1.29, 1.82) is 0 Å². The summed E-state index contributed by atoms with van der Waals surface area (Å²) in [5, 5.41) is 5.41. The summed E-state index contributed by atoms with van der Waals surface area (Å²) < 4.78 is 0. The van der Waals surface area contributed by atoms with Crippen LogP contribution in [0.2, 0.25) is 10.6 Å². The van der Waals surface area contributed by atoms with Crippen molar-refractivity contribution in [2.45, 2.75) is 19.4 Å². The summed E-state index contributed by atoms with van der Waals surface area (Å²) in [5.41, 5.74) is 0. The monoisotopic (exact) mass is 288 g/mol. The molecule has 1 atom stereocenters. The highest BCUT2D eigenvalue weighted by molar-refractivity contribution is 7.10. The molecular weight excluding hydrogens is 279 g/mol. The molecule has 2 aromatic heterocycles. The van der Waals surface area contributed by atoms with E-state index in [4.69, 9.17) is 23.2 Å². The highest BCUT2D eigenvalue weighted by Gasteiger charge is 2.12. The Kier molecular flexibility index (Phi) is 4.15. The maximum atomic E-state index is 5.72. The van der Waals surface area contributed by atoms with Gasteiger partial charge in [-0.3, -0.25) is 0 Å². The molecule has 0 radical (unpaired) electrons. The van der Waals surface area contributed by atoms with Gasteiger partial charge in [0.1, 0.15) is 0 Å². The average molecular weight is 289 g/mol. The second-order valence-corrected chi connectivity index (χ2v) is 4.97. The molecule has 2 heterocycles. The molecule has 0 aliphatic heterocycles. The van der Waals surface area contributed by atoms with Crippen LogP contribution in [0.4, 0.5) is 5.95 Å². The lowest BCUT2D eigenvalue weighted by Crippen LogP contribution is -2.11. The van der Waals surface area contributed by atoms with E-state index in [1.165, 1.54) is 4.88 Å². The number of nitrogens with zero attached hydrogens (tertiary/aromatic N) is 3. The molecule has 0 bridgehead atoms. The quantitative estimate of drug-likeness (QED) is 0.930. The highest BCUT2D eigenvalue weighted by atomic mass is 35.5. The van der Waals surface area contributed by atoms with Crippen molar-refractivity contribution in [2.24, 2.45) is 0 Å². The Hall–Kier alpha value is -0.910. The number of halogens is 2. The maximum absolute atomic E-state index is 5.72. The third-order valence-electron chi connectivity index (χ3n) is 2.18. The van der Waals surface area contributed by atoms with Gasteiger partial charge in [0, 0.05) is 4.88 Å². The summed E-state index contributed by atoms with van der Waals surface area (Å²) in [6.45, 7) is 2.09. The van der Waals surface area contributed by atoms with Crippen LogP contribution in [0, 0.1) is 0 Å². The summed E-state index contributed by atoms with van der Waals surface area (Å²) in [6.07, 6.45) is 0.918. The summed E-state index contributed by atoms with van der Waals surface area (Å²) in [4.78, 5) is 12.9. The number of aromatic nitrogens is 3. The molecule has 2 aromatic rings. The minimum absolute atomic E-state index is 0.0912. The number of nitrogens with one attached hydrogen (secondary N) is 1. The molecule has 1 unspecified atom stereocenters. The van der Waals surface area contributed by atoms with Gasteiger partial charge in [0.2, 0.25) is 16.5 Å². The van der Waals surface area contributed by atoms with Gasteiger partial charge in [-0.15, -0.1) is 11.3 Å². The fraction of sp³-hybridized carbons (Fsp3) is 0.300. The standard InChI is InChI=1S/C10H10Cl2N4S/c1-2-6(7-4-3-5-17-7)13-10-15-8(11)14-9(12)16-10/h3-6H,2H2,1H3,(H,13,14,15,16). The molecule has 0 aromatic carbocycles. The van der Waals surface area contributed by atoms with E-state index in [0.29, 0.717) is 5.95 Å². The van der Waals surface area contributed by atoms with Crippen LogP contribution in [0.1, 0.15) is 24.3 Å². The smallest absolute Gasteiger partial charge is 0.228 e. The third-order valence-corrected chi connectivity index (χ3v) is 3.50. The highest BCUT2D eigenvalue weighted by Crippen LogP contribution is 2.25. The van der Waals surface area contributed by atoms with E-state index in [1.54, 1.807) is 11.3 Å². The van der Waals surface area contributed by atoms with E-state index in [0.717, 1.165) is 6.42 Å². The molecule has 7 heteroatoms. The van der Waals surface area contributed by atoms with E-state index in [9.17, 15) is 0 Å². The second-order valence-electron chi connectivity index (χ2n) is 3.32. The zero-order valence-corrected chi connectivity index (χ0v) is 11.4. The number of anilines is 1. The summed E-state index contributed by atoms with van der Waals surface area (Å²) in [7, 11) is 0. The molecule has 0 saturated carbocycles. The first kappa shape index (κ1) is 12.5. The van der Waals surface area contributed by atoms with Crippen molar-refractivity contribution >= 4 is 40.5 Å². The molecular formula is C10H10Cl2N4S. The molecule has 4 nitrogen and oxygen atoms in total. The Balaban J connectivity index is 2.18. The first-order valence-corrected chi connectivity index (χ1v) is 6.69. The molecule has 0 saturated heterocycles. The first-order chi connectivity index (χ1) is 8.19. The Morgan fingerprint density at radius 1 is 1.29 bits per heavy atom. The second kappa shape index (κ2) is 5.62. The molecule has 2 rings (SSSR count). The van der Waals surface area contributed by atoms with Crippen molar-refractivity contribution in [2.75, 3.05) is 5.32 Å². The zero-order chi connectivity index (χ0) is 12.3. The maximum Gasteiger partial charge on any atom is 0.228 e. The average Bonchev–Trinajstić information content (AvgIpc) is 2.77. The van der Waals surface area contributed by atoms with Gasteiger partial charge in [0.25, 0.3) is 0 Å². The van der Waals surface area contributed by atoms with Crippen LogP contribution in [-0.4, -0.2) is 15.0 Å². The first-order valence-electron chi connectivity index (χ1n) is 5.06. The Morgan fingerprint density at radius 3 is 2.53 bits per heavy atom. The fourth-order valence-electron chi connectivity index (χ4n) is 1.41. The topological polar surface area (TPSA) is 50.7 Å². The number of thiophene rings is 1. The van der Waals surface area contributed by atoms with Crippen LogP contribution < -0.4 is 5.32 Å². The third kappa shape index (κ3) is 3.28. The molecule has 0 fully saturated rings. The molecule has 1 N–H and O–H groups in total. The lowest BCUT2D eigenvalue weighted by molar-refractivity contribution is 0.750. The molecule has 0 spiro atoms. The minimum atomic E-state index is 0.0912. The van der Waals surface area contributed by atoms with Gasteiger partial charge in [0.05, 0.1) is 6.04 Å². The number of hydrogen-bond donors (Lipinski definition) is 1. The number of rotatable bonds is 4. The van der Waals surface area contributed by atoms with E-state index >= 15 is 0 Å². The van der Waals surface area contributed by atoms with Crippen LogP contribution in [0.25, 0.3) is 0 Å². The lowest BCUT2D eigenvalue weighted by Gasteiger charge is -2.15. The lowest BCUT2D eigenvalue weighted by atomic mass is 10.2. The SMILES string of the molecule is CCC(Nc1nc(Cl)nc(Cl)n1)c1cccs1. The van der Waals surface area contributed by atoms with Crippen LogP contribution in [0.15, 0.2) is 17.5 Å². The number of hydrogen-bond acceptors (Lipinski definition) is 5. The summed E-state index contributed by atoms with van der Waals surface area (Å²) in [5.74, 6) is 0.398. The van der Waals surface area contributed by atoms with Crippen molar-refractivity contribution in [3.8, 4) is 0 Å². The molecule has 0 amide bonds. The Labute approximate surface area is 113 Å². The van der Waals surface area contributed by atoms with Crippen LogP contribution in [0.5, 0.6) is 0 Å². The van der Waals surface area contributed by atoms with E-state index in [2.05, 4.69) is 33.3 Å². The van der Waals surface area contributed by atoms with E-state index in [-0.39, 0.29) is 16.6 Å². The van der Waals surface area contributed by atoms with E-state index in [1.807, 2.05) is 11.4 Å². The van der Waals surface area contributed by atoms with Gasteiger partial charge in [-0.25, -0.2) is 0 Å². The summed E-state index contributed by atoms with van der Waals surface area (Å²) in [6, 6.07) is 4.23. The fourth-order valence-corrected chi connectivity index (χ4v) is 2.63. The molecule has 17 heavy (non-hydrogen) atoms. The van der Waals surface area contributed by atoms with Crippen LogP contribution in [0.3, 0.4) is 0 Å². The van der Waals surface area contributed by atoms with Gasteiger partial charge < -0.3 is 5.32 Å². The minimum Gasteiger partial charge on any atom is -0.346 e. The van der Waals surface area contributed by atoms with Crippen molar-refractivity contribution < 1.29 is 0 Å². The molecule has 0 aliphatic rings. The van der Waals surface area contributed by atoms with Crippen LogP contribution in [-0.2, 0) is 0 Å². The Morgan fingerprint density at radius 2 is 2.00 bits per heavy atom. The van der Waals surface area contributed by atoms with Gasteiger partial charge in [-0.2, -0.15) is 15.0 Å². The predicted octanol–water partition coefficient (Wildman–Crippen LogP) is 3.80.